The predicted octanol–water partition coefficient (Wildman–Crippen LogP) is 0.131. The first-order valence-electron chi connectivity index (χ1n) is 4.96. The maximum absolute atomic E-state index is 9.78. The van der Waals surface area contributed by atoms with E-state index in [1.807, 2.05) is 16.8 Å². The Morgan fingerprint density at radius 1 is 1.60 bits per heavy atom. The van der Waals surface area contributed by atoms with Crippen molar-refractivity contribution in [1.29, 1.82) is 0 Å². The van der Waals surface area contributed by atoms with Crippen molar-refractivity contribution >= 4 is 11.3 Å². The fourth-order valence-corrected chi connectivity index (χ4v) is 2.29. The third kappa shape index (κ3) is 2.76. The summed E-state index contributed by atoms with van der Waals surface area (Å²) in [6, 6.07) is 1.84. The van der Waals surface area contributed by atoms with Gasteiger partial charge in [-0.25, -0.2) is 0 Å². The van der Waals surface area contributed by atoms with Crippen molar-refractivity contribution in [3.63, 3.8) is 0 Å². The molecule has 2 heterocycles. The van der Waals surface area contributed by atoms with Gasteiger partial charge in [0.15, 0.2) is 0 Å². The van der Waals surface area contributed by atoms with Crippen molar-refractivity contribution in [3.05, 3.63) is 22.4 Å². The summed E-state index contributed by atoms with van der Waals surface area (Å²) in [5.41, 5.74) is 0.918. The van der Waals surface area contributed by atoms with Crippen LogP contribution in [0, 0.1) is 0 Å². The molecule has 1 aliphatic heterocycles. The minimum absolute atomic E-state index is 0.0571. The van der Waals surface area contributed by atoms with Gasteiger partial charge in [0, 0.05) is 6.54 Å². The largest absolute Gasteiger partial charge is 0.389 e. The second-order valence-corrected chi connectivity index (χ2v) is 4.47. The molecule has 0 bridgehead atoms. The Labute approximate surface area is 92.5 Å². The van der Waals surface area contributed by atoms with Gasteiger partial charge in [0.25, 0.3) is 0 Å². The maximum atomic E-state index is 9.78. The zero-order valence-corrected chi connectivity index (χ0v) is 9.11. The lowest BCUT2D eigenvalue weighted by atomic mass is 10.1. The highest BCUT2D eigenvalue weighted by Crippen LogP contribution is 2.16. The summed E-state index contributed by atoms with van der Waals surface area (Å²) in [6.07, 6.45) is -0.969. The molecule has 4 nitrogen and oxygen atoms in total. The Balaban J connectivity index is 1.78. The van der Waals surface area contributed by atoms with Crippen molar-refractivity contribution < 1.29 is 14.9 Å². The highest BCUT2D eigenvalue weighted by atomic mass is 32.1. The second-order valence-electron chi connectivity index (χ2n) is 3.69. The molecule has 15 heavy (non-hydrogen) atoms. The highest BCUT2D eigenvalue weighted by Gasteiger charge is 2.26. The number of rotatable bonds is 4. The lowest BCUT2D eigenvalue weighted by molar-refractivity contribution is 0.118. The zero-order chi connectivity index (χ0) is 10.7. The van der Waals surface area contributed by atoms with Crippen LogP contribution >= 0.6 is 11.3 Å². The normalized spacial score (nSPS) is 28.1. The summed E-state index contributed by atoms with van der Waals surface area (Å²) in [4.78, 5) is 0. The molecular weight excluding hydrogens is 214 g/mol. The molecule has 0 spiro atoms. The molecule has 0 aromatic carbocycles. The molecule has 1 saturated heterocycles. The van der Waals surface area contributed by atoms with E-state index in [2.05, 4.69) is 5.32 Å². The van der Waals surface area contributed by atoms with Crippen LogP contribution in [0.5, 0.6) is 0 Å². The van der Waals surface area contributed by atoms with Crippen LogP contribution in [0.4, 0.5) is 0 Å². The van der Waals surface area contributed by atoms with Crippen LogP contribution in [0.15, 0.2) is 16.8 Å². The van der Waals surface area contributed by atoms with Crippen molar-refractivity contribution in [2.45, 2.75) is 18.2 Å². The quantitative estimate of drug-likeness (QED) is 0.687. The number of thiophene rings is 1. The minimum Gasteiger partial charge on any atom is -0.389 e. The van der Waals surface area contributed by atoms with Gasteiger partial charge in [-0.3, -0.25) is 0 Å². The van der Waals surface area contributed by atoms with Gasteiger partial charge >= 0.3 is 0 Å². The predicted molar refractivity (Wildman–Crippen MR) is 57.9 cm³/mol. The number of hydrogen-bond donors (Lipinski definition) is 3. The molecule has 0 aliphatic carbocycles. The molecule has 3 atom stereocenters. The molecular formula is C10H15NO3S. The number of aliphatic hydroxyl groups excluding tert-OH is 2. The topological polar surface area (TPSA) is 61.7 Å². The highest BCUT2D eigenvalue weighted by molar-refractivity contribution is 7.07. The smallest absolute Gasteiger partial charge is 0.0948 e. The summed E-state index contributed by atoms with van der Waals surface area (Å²) in [7, 11) is 0. The fourth-order valence-electron chi connectivity index (χ4n) is 1.58. The van der Waals surface area contributed by atoms with Crippen LogP contribution in [-0.2, 0) is 4.74 Å². The van der Waals surface area contributed by atoms with Crippen LogP contribution in [-0.4, -0.2) is 42.1 Å². The Morgan fingerprint density at radius 2 is 2.47 bits per heavy atom. The number of aliphatic hydroxyl groups is 2. The summed E-state index contributed by atoms with van der Waals surface area (Å²) >= 11 is 1.56. The average molecular weight is 229 g/mol. The Kier molecular flexibility index (Phi) is 3.71. The van der Waals surface area contributed by atoms with Gasteiger partial charge in [-0.2, -0.15) is 11.3 Å². The molecule has 3 unspecified atom stereocenters. The van der Waals surface area contributed by atoms with Gasteiger partial charge < -0.3 is 20.3 Å². The maximum Gasteiger partial charge on any atom is 0.0948 e. The fraction of sp³-hybridized carbons (Fsp3) is 0.600. The zero-order valence-electron chi connectivity index (χ0n) is 8.30. The molecule has 1 aliphatic rings. The lowest BCUT2D eigenvalue weighted by Crippen LogP contribution is -2.40. The summed E-state index contributed by atoms with van der Waals surface area (Å²) < 4.78 is 5.10. The number of ether oxygens (including phenoxy) is 1. The second kappa shape index (κ2) is 5.05. The van der Waals surface area contributed by atoms with Gasteiger partial charge in [-0.15, -0.1) is 0 Å². The minimum atomic E-state index is -0.510. The van der Waals surface area contributed by atoms with Crippen molar-refractivity contribution in [1.82, 2.24) is 5.32 Å². The standard InChI is InChI=1S/C10H15NO3S/c12-9(7-1-2-15-6-7)3-11-8-4-14-5-10(8)13/h1-2,6,8-13H,3-5H2. The molecule has 0 amide bonds. The monoisotopic (exact) mass is 229 g/mol. The van der Waals surface area contributed by atoms with E-state index in [9.17, 15) is 10.2 Å². The van der Waals surface area contributed by atoms with Crippen molar-refractivity contribution in [2.75, 3.05) is 19.8 Å². The summed E-state index contributed by atoms with van der Waals surface area (Å²) in [5.74, 6) is 0. The first kappa shape index (κ1) is 11.0. The van der Waals surface area contributed by atoms with Crippen LogP contribution in [0.1, 0.15) is 11.7 Å². The van der Waals surface area contributed by atoms with Crippen molar-refractivity contribution in [2.24, 2.45) is 0 Å². The van der Waals surface area contributed by atoms with Crippen LogP contribution < -0.4 is 5.32 Å². The van der Waals surface area contributed by atoms with E-state index >= 15 is 0 Å². The lowest BCUT2D eigenvalue weighted by Gasteiger charge is -2.17. The summed E-state index contributed by atoms with van der Waals surface area (Å²) in [5, 5.41) is 26.2. The molecule has 3 N–H and O–H groups in total. The third-order valence-electron chi connectivity index (χ3n) is 2.55. The molecule has 1 aromatic rings. The molecule has 0 radical (unpaired) electrons. The van der Waals surface area contributed by atoms with E-state index < -0.39 is 12.2 Å². The van der Waals surface area contributed by atoms with Crippen LogP contribution in [0.3, 0.4) is 0 Å². The van der Waals surface area contributed by atoms with E-state index in [-0.39, 0.29) is 6.04 Å². The third-order valence-corrected chi connectivity index (χ3v) is 3.25. The van der Waals surface area contributed by atoms with Crippen LogP contribution in [0.2, 0.25) is 0 Å². The van der Waals surface area contributed by atoms with Crippen LogP contribution in [0.25, 0.3) is 0 Å². The first-order chi connectivity index (χ1) is 7.27. The van der Waals surface area contributed by atoms with Gasteiger partial charge in [0.2, 0.25) is 0 Å². The molecule has 0 saturated carbocycles. The Hall–Kier alpha value is -0.460. The van der Waals surface area contributed by atoms with E-state index in [4.69, 9.17) is 4.74 Å². The Morgan fingerprint density at radius 3 is 3.07 bits per heavy atom. The van der Waals surface area contributed by atoms with Gasteiger partial charge in [0.1, 0.15) is 0 Å². The number of nitrogens with one attached hydrogen (secondary N) is 1. The Bertz CT molecular complexity index is 291. The number of hydrogen-bond acceptors (Lipinski definition) is 5. The van der Waals surface area contributed by atoms with Crippen molar-refractivity contribution in [3.8, 4) is 0 Å². The van der Waals surface area contributed by atoms with Gasteiger partial charge in [-0.05, 0) is 22.4 Å². The van der Waals surface area contributed by atoms with E-state index in [1.54, 1.807) is 11.3 Å². The summed E-state index contributed by atoms with van der Waals surface area (Å²) in [6.45, 7) is 1.34. The molecule has 1 aromatic heterocycles. The average Bonchev–Trinajstić information content (AvgIpc) is 2.85. The SMILES string of the molecule is OC(CNC1COCC1O)c1ccsc1. The van der Waals surface area contributed by atoms with Gasteiger partial charge in [-0.1, -0.05) is 0 Å². The first-order valence-corrected chi connectivity index (χ1v) is 5.91. The molecule has 5 heteroatoms. The van der Waals surface area contributed by atoms with E-state index in [0.29, 0.717) is 19.8 Å². The van der Waals surface area contributed by atoms with E-state index in [1.165, 1.54) is 0 Å². The van der Waals surface area contributed by atoms with E-state index in [0.717, 1.165) is 5.56 Å². The molecule has 2 rings (SSSR count). The van der Waals surface area contributed by atoms with Gasteiger partial charge in [0.05, 0.1) is 31.5 Å². The molecule has 84 valence electrons. The molecule has 1 fully saturated rings.